The number of nitrogens with zero attached hydrogens (tertiary/aromatic N) is 2. The molecule has 136 valence electrons. The van der Waals surface area contributed by atoms with Crippen molar-refractivity contribution in [2.24, 2.45) is 0 Å². The van der Waals surface area contributed by atoms with Crippen molar-refractivity contribution in [2.45, 2.75) is 62.7 Å². The van der Waals surface area contributed by atoms with Crippen LogP contribution >= 0.6 is 0 Å². The molecule has 2 heterocycles. The second-order valence-electron chi connectivity index (χ2n) is 7.90. The Hall–Kier alpha value is -1.66. The van der Waals surface area contributed by atoms with Crippen molar-refractivity contribution in [3.8, 4) is 0 Å². The Bertz CT molecular complexity index is 746. The normalized spacial score (nSPS) is 22.7. The third-order valence-electron chi connectivity index (χ3n) is 4.67. The van der Waals surface area contributed by atoms with Gasteiger partial charge in [0.05, 0.1) is 17.3 Å². The Labute approximate surface area is 151 Å². The number of benzene rings is 1. The van der Waals surface area contributed by atoms with Gasteiger partial charge in [-0.25, -0.2) is 4.68 Å². The van der Waals surface area contributed by atoms with Gasteiger partial charge in [0.15, 0.2) is 0 Å². The minimum absolute atomic E-state index is 0.0787. The molecular formula is C19H27N3O2S. The molecule has 25 heavy (non-hydrogen) atoms. The summed E-state index contributed by atoms with van der Waals surface area (Å²) in [5, 5.41) is 13.8. The molecule has 0 bridgehead atoms. The molecule has 1 aliphatic heterocycles. The van der Waals surface area contributed by atoms with Gasteiger partial charge in [0.25, 0.3) is 0 Å². The van der Waals surface area contributed by atoms with E-state index in [9.17, 15) is 9.32 Å². The van der Waals surface area contributed by atoms with Crippen LogP contribution in [0.2, 0.25) is 0 Å². The number of aliphatic hydroxyl groups is 1. The molecule has 0 amide bonds. The first-order valence-corrected chi connectivity index (χ1v) is 10.2. The molecule has 1 aromatic carbocycles. The number of hydrogen-bond donors (Lipinski definition) is 2. The zero-order valence-corrected chi connectivity index (χ0v) is 15.9. The van der Waals surface area contributed by atoms with E-state index in [-0.39, 0.29) is 11.6 Å². The van der Waals surface area contributed by atoms with E-state index >= 15 is 0 Å². The van der Waals surface area contributed by atoms with Crippen LogP contribution in [0.25, 0.3) is 0 Å². The van der Waals surface area contributed by atoms with Gasteiger partial charge in [-0.15, -0.1) is 0 Å². The van der Waals surface area contributed by atoms with Gasteiger partial charge >= 0.3 is 0 Å². The number of hydrogen-bond acceptors (Lipinski definition) is 4. The Kier molecular flexibility index (Phi) is 5.02. The first-order valence-electron chi connectivity index (χ1n) is 8.70. The third kappa shape index (κ3) is 4.12. The molecule has 1 aliphatic carbocycles. The highest BCUT2D eigenvalue weighted by atomic mass is 32.2. The summed E-state index contributed by atoms with van der Waals surface area (Å²) < 4.78 is 12.9. The zero-order chi connectivity index (χ0) is 18.2. The molecule has 3 N–H and O–H groups in total. The Balaban J connectivity index is 0.000000157. The average molecular weight is 362 g/mol. The molecule has 4 rings (SSSR count). The maximum absolute atomic E-state index is 11.0. The Morgan fingerprint density at radius 3 is 2.20 bits per heavy atom. The fraction of sp³-hybridized carbons (Fsp3) is 0.526. The fourth-order valence-corrected chi connectivity index (χ4v) is 4.58. The molecule has 2 aromatic rings. The summed E-state index contributed by atoms with van der Waals surface area (Å²) >= 11 is 0. The summed E-state index contributed by atoms with van der Waals surface area (Å²) in [6.07, 6.45) is 1.50. The summed E-state index contributed by atoms with van der Waals surface area (Å²) in [4.78, 5) is 0. The molecule has 0 spiro atoms. The molecule has 1 fully saturated rings. The van der Waals surface area contributed by atoms with E-state index in [0.29, 0.717) is 11.7 Å². The summed E-state index contributed by atoms with van der Waals surface area (Å²) in [5.74, 6) is 2.62. The van der Waals surface area contributed by atoms with Gasteiger partial charge in [-0.3, -0.25) is 4.21 Å². The average Bonchev–Trinajstić information content (AvgIpc) is 3.05. The maximum atomic E-state index is 11.0. The molecule has 0 atom stereocenters. The van der Waals surface area contributed by atoms with Crippen LogP contribution in [0.15, 0.2) is 30.3 Å². The molecular weight excluding hydrogens is 334 g/mol. The van der Waals surface area contributed by atoms with Crippen LogP contribution < -0.4 is 5.73 Å². The zero-order valence-electron chi connectivity index (χ0n) is 15.1. The van der Waals surface area contributed by atoms with E-state index in [1.165, 1.54) is 11.1 Å². The fourth-order valence-electron chi connectivity index (χ4n) is 3.22. The highest BCUT2D eigenvalue weighted by Gasteiger charge is 2.31. The van der Waals surface area contributed by atoms with E-state index in [1.54, 1.807) is 0 Å². The second kappa shape index (κ2) is 6.92. The summed E-state index contributed by atoms with van der Waals surface area (Å²) in [7, 11) is -0.619. The van der Waals surface area contributed by atoms with Crippen molar-refractivity contribution in [2.75, 3.05) is 5.73 Å². The summed E-state index contributed by atoms with van der Waals surface area (Å²) in [6, 6.07) is 10.0. The van der Waals surface area contributed by atoms with Crippen LogP contribution in [0.4, 0.5) is 5.82 Å². The lowest BCUT2D eigenvalue weighted by molar-refractivity contribution is 0.0728. The van der Waals surface area contributed by atoms with Crippen LogP contribution in [0, 0.1) is 0 Å². The number of anilines is 1. The van der Waals surface area contributed by atoms with Gasteiger partial charge in [-0.05, 0) is 44.7 Å². The molecule has 6 heteroatoms. The smallest absolute Gasteiger partial charge is 0.122 e. The molecule has 0 unspecified atom stereocenters. The molecule has 2 aliphatic rings. The molecule has 0 radical (unpaired) electrons. The van der Waals surface area contributed by atoms with Crippen LogP contribution in [0.3, 0.4) is 0 Å². The quantitative estimate of drug-likeness (QED) is 0.818. The van der Waals surface area contributed by atoms with Crippen molar-refractivity contribution in [1.29, 1.82) is 0 Å². The standard InChI is InChI=1S/C11H19N3O.C8H8OS/c1-11(2,3)14-10(12)6-9(13-14)7-4-8(15)5-7;9-10-5-7-3-1-2-4-8(7)6-10/h6-8,15H,4-5,12H2,1-3H3;1-4H,5-6H2. The van der Waals surface area contributed by atoms with Crippen molar-refractivity contribution < 1.29 is 9.32 Å². The van der Waals surface area contributed by atoms with Crippen LogP contribution in [0.1, 0.15) is 56.4 Å². The topological polar surface area (TPSA) is 81.1 Å². The van der Waals surface area contributed by atoms with Crippen LogP contribution in [-0.4, -0.2) is 25.2 Å². The van der Waals surface area contributed by atoms with Crippen molar-refractivity contribution >= 4 is 16.6 Å². The van der Waals surface area contributed by atoms with Gasteiger partial charge < -0.3 is 10.8 Å². The Morgan fingerprint density at radius 2 is 1.76 bits per heavy atom. The first-order chi connectivity index (χ1) is 11.7. The second-order valence-corrected chi connectivity index (χ2v) is 9.35. The van der Waals surface area contributed by atoms with Crippen molar-refractivity contribution in [3.05, 3.63) is 47.2 Å². The predicted octanol–water partition coefficient (Wildman–Crippen LogP) is 2.91. The molecule has 1 aromatic heterocycles. The number of nitrogens with two attached hydrogens (primary N) is 1. The van der Waals surface area contributed by atoms with Gasteiger partial charge in [-0.2, -0.15) is 5.10 Å². The monoisotopic (exact) mass is 361 g/mol. The number of aromatic nitrogens is 2. The Morgan fingerprint density at radius 1 is 1.20 bits per heavy atom. The third-order valence-corrected chi connectivity index (χ3v) is 5.94. The number of aliphatic hydroxyl groups excluding tert-OH is 1. The van der Waals surface area contributed by atoms with Crippen LogP contribution in [0.5, 0.6) is 0 Å². The van der Waals surface area contributed by atoms with Gasteiger partial charge in [0, 0.05) is 34.3 Å². The van der Waals surface area contributed by atoms with Gasteiger partial charge in [0.2, 0.25) is 0 Å². The van der Waals surface area contributed by atoms with E-state index in [2.05, 4.69) is 38.0 Å². The summed E-state index contributed by atoms with van der Waals surface area (Å²) in [6.45, 7) is 6.24. The number of nitrogen functional groups attached to an aromatic ring is 1. The summed E-state index contributed by atoms with van der Waals surface area (Å²) in [5.41, 5.74) is 9.39. The largest absolute Gasteiger partial charge is 0.393 e. The SMILES string of the molecule is CC(C)(C)n1nc(C2CC(O)C2)cc1N.O=S1Cc2ccccc2C1. The first kappa shape index (κ1) is 18.1. The van der Waals surface area contributed by atoms with Crippen molar-refractivity contribution in [1.82, 2.24) is 9.78 Å². The van der Waals surface area contributed by atoms with E-state index in [1.807, 2.05) is 22.9 Å². The van der Waals surface area contributed by atoms with E-state index in [0.717, 1.165) is 30.0 Å². The number of rotatable bonds is 1. The maximum Gasteiger partial charge on any atom is 0.122 e. The van der Waals surface area contributed by atoms with E-state index in [4.69, 9.17) is 5.73 Å². The highest BCUT2D eigenvalue weighted by molar-refractivity contribution is 7.83. The van der Waals surface area contributed by atoms with E-state index < -0.39 is 10.8 Å². The minimum Gasteiger partial charge on any atom is -0.393 e. The highest BCUT2D eigenvalue weighted by Crippen LogP contribution is 2.37. The van der Waals surface area contributed by atoms with Gasteiger partial charge in [0.1, 0.15) is 5.82 Å². The number of fused-ring (bicyclic) bond motifs is 1. The minimum atomic E-state index is -0.619. The van der Waals surface area contributed by atoms with Crippen molar-refractivity contribution in [3.63, 3.8) is 0 Å². The lowest BCUT2D eigenvalue weighted by atomic mass is 9.80. The predicted molar refractivity (Wildman–Crippen MR) is 102 cm³/mol. The molecule has 5 nitrogen and oxygen atoms in total. The lowest BCUT2D eigenvalue weighted by Gasteiger charge is -2.30. The molecule has 0 saturated heterocycles. The van der Waals surface area contributed by atoms with Crippen LogP contribution in [-0.2, 0) is 27.8 Å². The van der Waals surface area contributed by atoms with Gasteiger partial charge in [-0.1, -0.05) is 24.3 Å². The molecule has 1 saturated carbocycles. The lowest BCUT2D eigenvalue weighted by Crippen LogP contribution is -2.28.